The first-order chi connectivity index (χ1) is 12.1. The lowest BCUT2D eigenvalue weighted by Gasteiger charge is -2.29. The molecule has 0 radical (unpaired) electrons. The van der Waals surface area contributed by atoms with Crippen LogP contribution in [-0.4, -0.2) is 6.26 Å². The Kier molecular flexibility index (Phi) is 16.0. The molecule has 0 heterocycles. The predicted molar refractivity (Wildman–Crippen MR) is 126 cm³/mol. The van der Waals surface area contributed by atoms with Gasteiger partial charge in [-0.15, -0.1) is 0 Å². The first kappa shape index (κ1) is 26.2. The van der Waals surface area contributed by atoms with Crippen molar-refractivity contribution in [1.82, 2.24) is 0 Å². The summed E-state index contributed by atoms with van der Waals surface area (Å²) in [7, 11) is 0. The minimum absolute atomic E-state index is 0.0754. The summed E-state index contributed by atoms with van der Waals surface area (Å²) in [5.41, 5.74) is 3.91. The molecule has 0 aromatic heterocycles. The second kappa shape index (κ2) is 15.3. The van der Waals surface area contributed by atoms with Gasteiger partial charge in [-0.05, 0) is 48.4 Å². The van der Waals surface area contributed by atoms with E-state index < -0.39 is 0 Å². The number of hydrogen-bond acceptors (Lipinski definition) is 1. The van der Waals surface area contributed by atoms with E-state index in [1.165, 1.54) is 16.7 Å². The molecule has 0 saturated heterocycles. The first-order valence-corrected chi connectivity index (χ1v) is 10.7. The van der Waals surface area contributed by atoms with E-state index in [0.717, 1.165) is 10.9 Å². The molecule has 140 valence electrons. The van der Waals surface area contributed by atoms with Crippen molar-refractivity contribution >= 4 is 34.1 Å². The Morgan fingerprint density at radius 1 is 1.20 bits per heavy atom. The molecule has 1 aromatic carbocycles. The number of halogens is 1. The van der Waals surface area contributed by atoms with Crippen LogP contribution in [0, 0.1) is 5.41 Å². The van der Waals surface area contributed by atoms with Gasteiger partial charge in [-0.3, -0.25) is 0 Å². The van der Waals surface area contributed by atoms with E-state index in [-0.39, 0.29) is 5.41 Å². The standard InChI is InChI=1S/C18H19Br.2C2H6.CH4S/c1-4-16(5-2)18(3)11-9-14(10-12-18)15-7-6-8-17(19)13-15;3*1-2/h4-11,13H,1,12H2,2-3H3;2*1-2H3;2H,1H3/b16-5+;;;. The fraction of sp³-hybridized carbons (Fsp3) is 0.391. The van der Waals surface area contributed by atoms with Crippen LogP contribution in [-0.2, 0) is 0 Å². The molecule has 1 unspecified atom stereocenters. The highest BCUT2D eigenvalue weighted by atomic mass is 79.9. The van der Waals surface area contributed by atoms with Crippen molar-refractivity contribution in [3.63, 3.8) is 0 Å². The van der Waals surface area contributed by atoms with E-state index in [9.17, 15) is 0 Å². The summed E-state index contributed by atoms with van der Waals surface area (Å²) in [6, 6.07) is 8.43. The van der Waals surface area contributed by atoms with E-state index in [1.54, 1.807) is 6.26 Å². The molecule has 1 aliphatic rings. The number of allylic oxidation sites excluding steroid dienone is 7. The molecule has 0 N–H and O–H groups in total. The number of thiol groups is 1. The maximum absolute atomic E-state index is 3.91. The molecule has 0 nitrogen and oxygen atoms in total. The van der Waals surface area contributed by atoms with Crippen molar-refractivity contribution in [1.29, 1.82) is 0 Å². The number of hydrogen-bond donors (Lipinski definition) is 1. The predicted octanol–water partition coefficient (Wildman–Crippen LogP) is 8.53. The number of rotatable bonds is 3. The Balaban J connectivity index is 0. The maximum Gasteiger partial charge on any atom is 0.0181 e. The van der Waals surface area contributed by atoms with Gasteiger partial charge in [-0.25, -0.2) is 0 Å². The van der Waals surface area contributed by atoms with Crippen LogP contribution in [0.2, 0.25) is 0 Å². The SMILES string of the molecule is C=C/C(=C\C)C1(C)C=CC(c2cccc(Br)c2)=CC1.CC.CC.CS. The second-order valence-electron chi connectivity index (χ2n) is 5.07. The van der Waals surface area contributed by atoms with Crippen LogP contribution in [0.5, 0.6) is 0 Å². The Hall–Kier alpha value is -0.990. The first-order valence-electron chi connectivity index (χ1n) is 8.98. The molecule has 0 amide bonds. The minimum Gasteiger partial charge on any atom is -0.183 e. The van der Waals surface area contributed by atoms with E-state index in [2.05, 4.69) is 97.6 Å². The van der Waals surface area contributed by atoms with E-state index in [4.69, 9.17) is 0 Å². The smallest absolute Gasteiger partial charge is 0.0181 e. The largest absolute Gasteiger partial charge is 0.183 e. The Labute approximate surface area is 170 Å². The quantitative estimate of drug-likeness (QED) is 0.365. The van der Waals surface area contributed by atoms with Gasteiger partial charge in [-0.2, -0.15) is 12.6 Å². The second-order valence-corrected chi connectivity index (χ2v) is 5.99. The lowest BCUT2D eigenvalue weighted by molar-refractivity contribution is 0.531. The van der Waals surface area contributed by atoms with E-state index >= 15 is 0 Å². The normalized spacial score (nSPS) is 18.3. The highest BCUT2D eigenvalue weighted by Crippen LogP contribution is 2.39. The van der Waals surface area contributed by atoms with Crippen LogP contribution in [0.25, 0.3) is 5.57 Å². The van der Waals surface area contributed by atoms with E-state index in [1.807, 2.05) is 33.8 Å². The molecule has 0 fully saturated rings. The van der Waals surface area contributed by atoms with Gasteiger partial charge in [-0.1, -0.05) is 99.6 Å². The van der Waals surface area contributed by atoms with Gasteiger partial charge < -0.3 is 0 Å². The van der Waals surface area contributed by atoms with Gasteiger partial charge in [0.05, 0.1) is 0 Å². The molecule has 25 heavy (non-hydrogen) atoms. The monoisotopic (exact) mass is 422 g/mol. The minimum atomic E-state index is 0.0754. The van der Waals surface area contributed by atoms with Gasteiger partial charge in [0.1, 0.15) is 0 Å². The summed E-state index contributed by atoms with van der Waals surface area (Å²) in [6.45, 7) is 16.2. The Morgan fingerprint density at radius 2 is 1.80 bits per heavy atom. The van der Waals surface area contributed by atoms with Gasteiger partial charge >= 0.3 is 0 Å². The van der Waals surface area contributed by atoms with Crippen molar-refractivity contribution < 1.29 is 0 Å². The average Bonchev–Trinajstić information content (AvgIpc) is 2.68. The Bertz CT molecular complexity index is 582. The van der Waals surface area contributed by atoms with Crippen LogP contribution < -0.4 is 0 Å². The fourth-order valence-corrected chi connectivity index (χ4v) is 2.91. The molecule has 2 rings (SSSR count). The van der Waals surface area contributed by atoms with Gasteiger partial charge in [0.25, 0.3) is 0 Å². The van der Waals surface area contributed by atoms with Crippen molar-refractivity contribution in [3.8, 4) is 0 Å². The van der Waals surface area contributed by atoms with Crippen LogP contribution in [0.1, 0.15) is 53.5 Å². The van der Waals surface area contributed by atoms with Crippen molar-refractivity contribution in [2.24, 2.45) is 5.41 Å². The van der Waals surface area contributed by atoms with Crippen molar-refractivity contribution in [2.75, 3.05) is 6.26 Å². The lowest BCUT2D eigenvalue weighted by atomic mass is 9.75. The molecule has 1 atom stereocenters. The van der Waals surface area contributed by atoms with E-state index in [0.29, 0.717) is 0 Å². The summed E-state index contributed by atoms with van der Waals surface area (Å²) in [5.74, 6) is 0. The van der Waals surface area contributed by atoms with Crippen molar-refractivity contribution in [2.45, 2.75) is 48.0 Å². The fourth-order valence-electron chi connectivity index (χ4n) is 2.51. The molecule has 1 aliphatic carbocycles. The van der Waals surface area contributed by atoms with Gasteiger partial charge in [0, 0.05) is 9.89 Å². The molecule has 1 aromatic rings. The van der Waals surface area contributed by atoms with Crippen LogP contribution in [0.3, 0.4) is 0 Å². The summed E-state index contributed by atoms with van der Waals surface area (Å²) in [5, 5.41) is 0. The maximum atomic E-state index is 3.91. The van der Waals surface area contributed by atoms with Gasteiger partial charge in [0.2, 0.25) is 0 Å². The highest BCUT2D eigenvalue weighted by molar-refractivity contribution is 9.10. The zero-order chi connectivity index (χ0) is 19.9. The topological polar surface area (TPSA) is 0 Å². The summed E-state index contributed by atoms with van der Waals surface area (Å²) >= 11 is 7.05. The zero-order valence-electron chi connectivity index (χ0n) is 16.9. The summed E-state index contributed by atoms with van der Waals surface area (Å²) < 4.78 is 1.12. The molecule has 0 saturated carbocycles. The molecular formula is C23H35BrS. The van der Waals surface area contributed by atoms with Crippen LogP contribution in [0.4, 0.5) is 0 Å². The molecule has 0 bridgehead atoms. The van der Waals surface area contributed by atoms with Crippen LogP contribution >= 0.6 is 28.6 Å². The Morgan fingerprint density at radius 3 is 2.20 bits per heavy atom. The zero-order valence-corrected chi connectivity index (χ0v) is 19.4. The third-order valence-electron chi connectivity index (χ3n) is 3.73. The summed E-state index contributed by atoms with van der Waals surface area (Å²) in [6.07, 6.45) is 13.6. The van der Waals surface area contributed by atoms with Crippen molar-refractivity contribution in [3.05, 3.63) is 76.8 Å². The molecule has 2 heteroatoms. The molecule has 0 spiro atoms. The third-order valence-corrected chi connectivity index (χ3v) is 4.22. The molecule has 0 aliphatic heterocycles. The molecular weight excluding hydrogens is 388 g/mol. The third kappa shape index (κ3) is 8.29. The van der Waals surface area contributed by atoms with Crippen LogP contribution in [0.15, 0.2) is 71.3 Å². The highest BCUT2D eigenvalue weighted by Gasteiger charge is 2.25. The number of benzene rings is 1. The van der Waals surface area contributed by atoms with Gasteiger partial charge in [0.15, 0.2) is 0 Å². The lowest BCUT2D eigenvalue weighted by Crippen LogP contribution is -2.16. The average molecular weight is 424 g/mol. The summed E-state index contributed by atoms with van der Waals surface area (Å²) in [4.78, 5) is 0.